The van der Waals surface area contributed by atoms with Gasteiger partial charge in [0.05, 0.1) is 0 Å². The molecule has 0 atom stereocenters. The summed E-state index contributed by atoms with van der Waals surface area (Å²) in [5.74, 6) is -2.00. The van der Waals surface area contributed by atoms with E-state index < -0.39 is 11.6 Å². The number of benzene rings is 4. The minimum atomic E-state index is -0.866. The fourth-order valence-electron chi connectivity index (χ4n) is 3.86. The molecule has 0 aliphatic carbocycles. The topological polar surface area (TPSA) is 0 Å². The molecule has 4 aromatic carbocycles. The molecular formula is C30H25F3. The standard InChI is InChI=1S/C30H25F3/c1-3-4-21-6-12-23(13-7-21)26-17-18-27(30(33)29(26)32)24-14-8-22(9-15-24)10-16-25-11-5-20(2)19-28(25)31/h5-19H,3-4H2,1-2H3. The lowest BCUT2D eigenvalue weighted by Crippen LogP contribution is -1.94. The maximum absolute atomic E-state index is 14.9. The first kappa shape index (κ1) is 22.6. The van der Waals surface area contributed by atoms with Crippen molar-refractivity contribution in [3.05, 3.63) is 119 Å². The van der Waals surface area contributed by atoms with Crippen LogP contribution in [0, 0.1) is 24.4 Å². The Morgan fingerprint density at radius 3 is 1.79 bits per heavy atom. The van der Waals surface area contributed by atoms with Crippen molar-refractivity contribution >= 4 is 12.2 Å². The zero-order valence-corrected chi connectivity index (χ0v) is 18.7. The first-order chi connectivity index (χ1) is 16.0. The highest BCUT2D eigenvalue weighted by atomic mass is 19.2. The Balaban J connectivity index is 1.56. The molecule has 166 valence electrons. The summed E-state index contributed by atoms with van der Waals surface area (Å²) in [6.45, 7) is 3.95. The summed E-state index contributed by atoms with van der Waals surface area (Å²) >= 11 is 0. The SMILES string of the molecule is CCCc1ccc(-c2ccc(-c3ccc(C=Cc4ccc(C)cc4F)cc3)c(F)c2F)cc1. The molecule has 0 N–H and O–H groups in total. The summed E-state index contributed by atoms with van der Waals surface area (Å²) < 4.78 is 43.9. The molecule has 0 nitrogen and oxygen atoms in total. The van der Waals surface area contributed by atoms with E-state index in [0.29, 0.717) is 16.7 Å². The van der Waals surface area contributed by atoms with Gasteiger partial charge in [-0.2, -0.15) is 0 Å². The van der Waals surface area contributed by atoms with Crippen molar-refractivity contribution in [3.8, 4) is 22.3 Å². The molecular weight excluding hydrogens is 417 g/mol. The lowest BCUT2D eigenvalue weighted by atomic mass is 9.97. The van der Waals surface area contributed by atoms with Crippen LogP contribution in [0.15, 0.2) is 78.9 Å². The minimum Gasteiger partial charge on any atom is -0.206 e. The third kappa shape index (κ3) is 5.09. The first-order valence-corrected chi connectivity index (χ1v) is 11.1. The van der Waals surface area contributed by atoms with Gasteiger partial charge in [-0.05, 0) is 47.2 Å². The number of rotatable bonds is 6. The van der Waals surface area contributed by atoms with E-state index in [-0.39, 0.29) is 16.9 Å². The Labute approximate surface area is 193 Å². The second-order valence-corrected chi connectivity index (χ2v) is 8.22. The summed E-state index contributed by atoms with van der Waals surface area (Å²) in [6.07, 6.45) is 5.49. The maximum atomic E-state index is 14.9. The predicted molar refractivity (Wildman–Crippen MR) is 131 cm³/mol. The van der Waals surface area contributed by atoms with Crippen molar-refractivity contribution in [2.75, 3.05) is 0 Å². The number of hydrogen-bond donors (Lipinski definition) is 0. The molecule has 0 unspecified atom stereocenters. The fraction of sp³-hybridized carbons (Fsp3) is 0.133. The first-order valence-electron chi connectivity index (χ1n) is 11.1. The van der Waals surface area contributed by atoms with Gasteiger partial charge in [0.25, 0.3) is 0 Å². The Hall–Kier alpha value is -3.59. The van der Waals surface area contributed by atoms with Gasteiger partial charge < -0.3 is 0 Å². The fourth-order valence-corrected chi connectivity index (χ4v) is 3.86. The van der Waals surface area contributed by atoms with Gasteiger partial charge in [0.2, 0.25) is 0 Å². The quantitative estimate of drug-likeness (QED) is 0.262. The van der Waals surface area contributed by atoms with E-state index >= 15 is 0 Å². The van der Waals surface area contributed by atoms with Crippen molar-refractivity contribution in [3.63, 3.8) is 0 Å². The van der Waals surface area contributed by atoms with Crippen molar-refractivity contribution in [2.45, 2.75) is 26.7 Å². The minimum absolute atomic E-state index is 0.207. The van der Waals surface area contributed by atoms with Gasteiger partial charge in [-0.3, -0.25) is 0 Å². The second-order valence-electron chi connectivity index (χ2n) is 8.22. The molecule has 0 saturated carbocycles. The van der Waals surface area contributed by atoms with Gasteiger partial charge in [-0.1, -0.05) is 98.3 Å². The van der Waals surface area contributed by atoms with Crippen LogP contribution in [0.5, 0.6) is 0 Å². The number of hydrogen-bond acceptors (Lipinski definition) is 0. The molecule has 0 aliphatic rings. The van der Waals surface area contributed by atoms with Gasteiger partial charge in [0.15, 0.2) is 11.6 Å². The Bertz CT molecular complexity index is 1280. The lowest BCUT2D eigenvalue weighted by molar-refractivity contribution is 0.514. The Kier molecular flexibility index (Phi) is 6.79. The molecule has 0 fully saturated rings. The molecule has 3 heteroatoms. The molecule has 0 spiro atoms. The highest BCUT2D eigenvalue weighted by molar-refractivity contribution is 5.74. The smallest absolute Gasteiger partial charge is 0.167 e. The summed E-state index contributed by atoms with van der Waals surface area (Å²) in [5.41, 5.74) is 5.06. The van der Waals surface area contributed by atoms with Crippen molar-refractivity contribution in [2.24, 2.45) is 0 Å². The monoisotopic (exact) mass is 442 g/mol. The van der Waals surface area contributed by atoms with Gasteiger partial charge in [0.1, 0.15) is 5.82 Å². The second kappa shape index (κ2) is 9.91. The van der Waals surface area contributed by atoms with Crippen LogP contribution in [0.25, 0.3) is 34.4 Å². The van der Waals surface area contributed by atoms with Crippen molar-refractivity contribution in [1.29, 1.82) is 0 Å². The van der Waals surface area contributed by atoms with Crippen LogP contribution in [0.1, 0.15) is 35.6 Å². The third-order valence-corrected chi connectivity index (χ3v) is 5.72. The lowest BCUT2D eigenvalue weighted by Gasteiger charge is -2.10. The number of halogens is 3. The molecule has 4 aromatic rings. The molecule has 0 bridgehead atoms. The molecule has 0 aromatic heterocycles. The molecule has 0 saturated heterocycles. The van der Waals surface area contributed by atoms with Crippen molar-refractivity contribution in [1.82, 2.24) is 0 Å². The highest BCUT2D eigenvalue weighted by Gasteiger charge is 2.16. The van der Waals surface area contributed by atoms with E-state index in [1.54, 1.807) is 54.6 Å². The normalized spacial score (nSPS) is 11.3. The average Bonchev–Trinajstić information content (AvgIpc) is 2.82. The van der Waals surface area contributed by atoms with E-state index in [1.165, 1.54) is 11.6 Å². The Morgan fingerprint density at radius 2 is 1.24 bits per heavy atom. The third-order valence-electron chi connectivity index (χ3n) is 5.72. The summed E-state index contributed by atoms with van der Waals surface area (Å²) in [7, 11) is 0. The number of aryl methyl sites for hydroxylation is 2. The van der Waals surface area contributed by atoms with Gasteiger partial charge in [0, 0.05) is 16.7 Å². The van der Waals surface area contributed by atoms with E-state index in [9.17, 15) is 13.2 Å². The summed E-state index contributed by atoms with van der Waals surface area (Å²) in [6, 6.07) is 23.0. The molecule has 0 amide bonds. The largest absolute Gasteiger partial charge is 0.206 e. The molecule has 4 rings (SSSR count). The highest BCUT2D eigenvalue weighted by Crippen LogP contribution is 2.32. The summed E-state index contributed by atoms with van der Waals surface area (Å²) in [5, 5.41) is 0. The zero-order valence-electron chi connectivity index (χ0n) is 18.7. The van der Waals surface area contributed by atoms with Crippen LogP contribution in [0.2, 0.25) is 0 Å². The van der Waals surface area contributed by atoms with E-state index in [2.05, 4.69) is 6.92 Å². The van der Waals surface area contributed by atoms with Crippen LogP contribution in [-0.2, 0) is 6.42 Å². The van der Waals surface area contributed by atoms with Crippen LogP contribution >= 0.6 is 0 Å². The zero-order chi connectivity index (χ0) is 23.4. The van der Waals surface area contributed by atoms with Gasteiger partial charge in [-0.25, -0.2) is 13.2 Å². The molecule has 33 heavy (non-hydrogen) atoms. The summed E-state index contributed by atoms with van der Waals surface area (Å²) in [4.78, 5) is 0. The van der Waals surface area contributed by atoms with Gasteiger partial charge >= 0.3 is 0 Å². The molecule has 0 aliphatic heterocycles. The van der Waals surface area contributed by atoms with Crippen LogP contribution in [-0.4, -0.2) is 0 Å². The van der Waals surface area contributed by atoms with Crippen LogP contribution in [0.4, 0.5) is 13.2 Å². The van der Waals surface area contributed by atoms with E-state index in [0.717, 1.165) is 24.0 Å². The Morgan fingerprint density at radius 1 is 0.667 bits per heavy atom. The maximum Gasteiger partial charge on any atom is 0.167 e. The van der Waals surface area contributed by atoms with Crippen LogP contribution < -0.4 is 0 Å². The van der Waals surface area contributed by atoms with E-state index in [4.69, 9.17) is 0 Å². The van der Waals surface area contributed by atoms with Crippen molar-refractivity contribution < 1.29 is 13.2 Å². The average molecular weight is 443 g/mol. The van der Waals surface area contributed by atoms with Gasteiger partial charge in [-0.15, -0.1) is 0 Å². The molecule has 0 heterocycles. The predicted octanol–water partition coefficient (Wildman–Crippen LogP) is 8.87. The van der Waals surface area contributed by atoms with E-state index in [1.807, 2.05) is 37.3 Å². The van der Waals surface area contributed by atoms with Crippen LogP contribution in [0.3, 0.4) is 0 Å². The molecule has 0 radical (unpaired) electrons.